The van der Waals surface area contributed by atoms with Gasteiger partial charge in [0.25, 0.3) is 5.69 Å². The van der Waals surface area contributed by atoms with Crippen molar-refractivity contribution in [3.63, 3.8) is 0 Å². The predicted molar refractivity (Wildman–Crippen MR) is 89.6 cm³/mol. The van der Waals surface area contributed by atoms with Crippen LogP contribution in [0.4, 0.5) is 11.4 Å². The number of nitro groups is 1. The van der Waals surface area contributed by atoms with Crippen LogP contribution in [0, 0.1) is 10.1 Å². The first-order valence-corrected chi connectivity index (χ1v) is 7.13. The quantitative estimate of drug-likeness (QED) is 0.414. The molecule has 0 saturated heterocycles. The molecule has 0 aliphatic rings. The number of nitrogens with zero attached hydrogens (tertiary/aromatic N) is 2. The van der Waals surface area contributed by atoms with Gasteiger partial charge in [0, 0.05) is 16.8 Å². The van der Waals surface area contributed by atoms with Gasteiger partial charge in [-0.15, -0.1) is 0 Å². The Balaban J connectivity index is 2.20. The fraction of sp³-hybridized carbons (Fsp3) is 0. The van der Waals surface area contributed by atoms with Crippen molar-refractivity contribution in [3.8, 4) is 0 Å². The van der Waals surface area contributed by atoms with Crippen LogP contribution in [0.15, 0.2) is 58.0 Å². The number of hydrogen-bond donors (Lipinski definition) is 0. The van der Waals surface area contributed by atoms with E-state index >= 15 is 0 Å². The van der Waals surface area contributed by atoms with E-state index in [2.05, 4.69) is 20.9 Å². The van der Waals surface area contributed by atoms with Gasteiger partial charge in [0.15, 0.2) is 0 Å². The molecule has 0 amide bonds. The van der Waals surface area contributed by atoms with Crippen molar-refractivity contribution in [1.82, 2.24) is 0 Å². The molecule has 2 aromatic rings. The van der Waals surface area contributed by atoms with Crippen LogP contribution in [0.2, 0.25) is 5.02 Å². The molecule has 0 fully saturated rings. The third-order valence-electron chi connectivity index (χ3n) is 2.57. The molecule has 106 valence electrons. The average molecular weight is 366 g/mol. The zero-order valence-electron chi connectivity index (χ0n) is 10.7. The number of hydrogen-bond acceptors (Lipinski definition) is 3. The Bertz CT molecular complexity index is 715. The van der Waals surface area contributed by atoms with Gasteiger partial charge in [0.05, 0.1) is 10.6 Å². The Morgan fingerprint density at radius 1 is 1.24 bits per heavy atom. The highest BCUT2D eigenvalue weighted by Gasteiger charge is 2.11. The van der Waals surface area contributed by atoms with Crippen molar-refractivity contribution in [2.24, 2.45) is 4.99 Å². The van der Waals surface area contributed by atoms with E-state index < -0.39 is 4.92 Å². The van der Waals surface area contributed by atoms with E-state index in [1.165, 1.54) is 12.1 Å². The SMILES string of the molecule is O=[N+]([O-])c1cc(N=C/C(Br)=C\c2ccccc2)ccc1Cl. The van der Waals surface area contributed by atoms with E-state index in [9.17, 15) is 10.1 Å². The van der Waals surface area contributed by atoms with Crippen molar-refractivity contribution < 1.29 is 4.92 Å². The molecule has 0 heterocycles. The Labute approximate surface area is 135 Å². The maximum atomic E-state index is 10.8. The van der Waals surface area contributed by atoms with Crippen LogP contribution in [0.3, 0.4) is 0 Å². The molecule has 0 aromatic heterocycles. The van der Waals surface area contributed by atoms with Crippen LogP contribution in [0.5, 0.6) is 0 Å². The summed E-state index contributed by atoms with van der Waals surface area (Å²) in [5, 5.41) is 10.9. The van der Waals surface area contributed by atoms with Gasteiger partial charge in [-0.25, -0.2) is 0 Å². The van der Waals surface area contributed by atoms with Gasteiger partial charge in [-0.2, -0.15) is 0 Å². The Hall–Kier alpha value is -1.98. The molecule has 0 atom stereocenters. The zero-order chi connectivity index (χ0) is 15.2. The lowest BCUT2D eigenvalue weighted by Crippen LogP contribution is -1.88. The monoisotopic (exact) mass is 364 g/mol. The Morgan fingerprint density at radius 2 is 1.95 bits per heavy atom. The molecule has 0 saturated carbocycles. The lowest BCUT2D eigenvalue weighted by Gasteiger charge is -1.97. The van der Waals surface area contributed by atoms with Gasteiger partial charge in [-0.1, -0.05) is 41.9 Å². The van der Waals surface area contributed by atoms with E-state index in [1.54, 1.807) is 12.3 Å². The smallest absolute Gasteiger partial charge is 0.258 e. The molecule has 2 rings (SSSR count). The third-order valence-corrected chi connectivity index (χ3v) is 3.32. The Kier molecular flexibility index (Phi) is 5.25. The molecule has 4 nitrogen and oxygen atoms in total. The minimum absolute atomic E-state index is 0.0952. The van der Waals surface area contributed by atoms with Gasteiger partial charge < -0.3 is 0 Å². The summed E-state index contributed by atoms with van der Waals surface area (Å²) in [4.78, 5) is 14.5. The number of aliphatic imine (C=N–C) groups is 1. The zero-order valence-corrected chi connectivity index (χ0v) is 13.1. The van der Waals surface area contributed by atoms with Gasteiger partial charge in [-0.05, 0) is 39.7 Å². The fourth-order valence-electron chi connectivity index (χ4n) is 1.60. The van der Waals surface area contributed by atoms with E-state index in [1.807, 2.05) is 36.4 Å². The summed E-state index contributed by atoms with van der Waals surface area (Å²) in [5.74, 6) is 0. The van der Waals surface area contributed by atoms with E-state index in [0.717, 1.165) is 10.0 Å². The highest BCUT2D eigenvalue weighted by molar-refractivity contribution is 9.12. The molecule has 0 unspecified atom stereocenters. The van der Waals surface area contributed by atoms with Crippen molar-refractivity contribution in [2.45, 2.75) is 0 Å². The molecule has 0 spiro atoms. The lowest BCUT2D eigenvalue weighted by atomic mass is 10.2. The van der Waals surface area contributed by atoms with Crippen LogP contribution in [0.25, 0.3) is 6.08 Å². The number of benzene rings is 2. The molecular formula is C15H10BrClN2O2. The van der Waals surface area contributed by atoms with Crippen molar-refractivity contribution in [2.75, 3.05) is 0 Å². The fourth-order valence-corrected chi connectivity index (χ4v) is 2.16. The largest absolute Gasteiger partial charge is 0.290 e. The van der Waals surface area contributed by atoms with Gasteiger partial charge in [-0.3, -0.25) is 15.1 Å². The Morgan fingerprint density at radius 3 is 2.62 bits per heavy atom. The van der Waals surface area contributed by atoms with Gasteiger partial charge >= 0.3 is 0 Å². The summed E-state index contributed by atoms with van der Waals surface area (Å²) in [6, 6.07) is 14.1. The van der Waals surface area contributed by atoms with E-state index in [0.29, 0.717) is 5.69 Å². The van der Waals surface area contributed by atoms with Crippen LogP contribution in [-0.4, -0.2) is 11.1 Å². The van der Waals surface area contributed by atoms with Crippen molar-refractivity contribution in [3.05, 3.63) is 73.7 Å². The van der Waals surface area contributed by atoms with E-state index in [4.69, 9.17) is 11.6 Å². The maximum Gasteiger partial charge on any atom is 0.290 e. The normalized spacial score (nSPS) is 11.8. The second-order valence-electron chi connectivity index (χ2n) is 4.09. The highest BCUT2D eigenvalue weighted by atomic mass is 79.9. The van der Waals surface area contributed by atoms with E-state index in [-0.39, 0.29) is 10.7 Å². The number of allylic oxidation sites excluding steroid dienone is 1. The van der Waals surface area contributed by atoms with Crippen molar-refractivity contribution in [1.29, 1.82) is 0 Å². The standard InChI is InChI=1S/C15H10BrClN2O2/c16-12(8-11-4-2-1-3-5-11)10-18-13-6-7-14(17)15(9-13)19(20)21/h1-10H/b12-8+,18-10?. The van der Waals surface area contributed by atoms with Crippen LogP contribution < -0.4 is 0 Å². The topological polar surface area (TPSA) is 55.5 Å². The summed E-state index contributed by atoms with van der Waals surface area (Å²) >= 11 is 9.13. The van der Waals surface area contributed by atoms with Gasteiger partial charge in [0.1, 0.15) is 5.02 Å². The van der Waals surface area contributed by atoms with Crippen LogP contribution in [-0.2, 0) is 0 Å². The maximum absolute atomic E-state index is 10.8. The molecule has 0 radical (unpaired) electrons. The summed E-state index contributed by atoms with van der Waals surface area (Å²) in [6.45, 7) is 0. The second-order valence-corrected chi connectivity index (χ2v) is 5.41. The molecule has 2 aromatic carbocycles. The highest BCUT2D eigenvalue weighted by Crippen LogP contribution is 2.28. The minimum Gasteiger partial charge on any atom is -0.258 e. The lowest BCUT2D eigenvalue weighted by molar-refractivity contribution is -0.384. The minimum atomic E-state index is -0.532. The number of halogens is 2. The number of rotatable bonds is 4. The first-order chi connectivity index (χ1) is 10.1. The second kappa shape index (κ2) is 7.15. The summed E-state index contributed by atoms with van der Waals surface area (Å²) in [5.41, 5.74) is 1.33. The first-order valence-electron chi connectivity index (χ1n) is 5.96. The number of nitro benzene ring substituents is 1. The summed E-state index contributed by atoms with van der Waals surface area (Å²) < 4.78 is 0.756. The molecule has 0 bridgehead atoms. The molecule has 21 heavy (non-hydrogen) atoms. The third kappa shape index (κ3) is 4.51. The van der Waals surface area contributed by atoms with Crippen molar-refractivity contribution >= 4 is 51.2 Å². The van der Waals surface area contributed by atoms with Gasteiger partial charge in [0.2, 0.25) is 0 Å². The summed E-state index contributed by atoms with van der Waals surface area (Å²) in [6.07, 6.45) is 3.48. The average Bonchev–Trinajstić information content (AvgIpc) is 2.47. The predicted octanol–water partition coefficient (Wildman–Crippen LogP) is 5.39. The molecule has 0 aliphatic heterocycles. The molecule has 6 heteroatoms. The molecule has 0 N–H and O–H groups in total. The molecular weight excluding hydrogens is 356 g/mol. The summed E-state index contributed by atoms with van der Waals surface area (Å²) in [7, 11) is 0. The molecule has 0 aliphatic carbocycles. The van der Waals surface area contributed by atoms with Crippen LogP contribution >= 0.6 is 27.5 Å². The van der Waals surface area contributed by atoms with Crippen LogP contribution in [0.1, 0.15) is 5.56 Å². The first kappa shape index (κ1) is 15.4.